The lowest BCUT2D eigenvalue weighted by Crippen LogP contribution is -2.32. The summed E-state index contributed by atoms with van der Waals surface area (Å²) in [6, 6.07) is 6.40. The quantitative estimate of drug-likeness (QED) is 0.772. The van der Waals surface area contributed by atoms with Gasteiger partial charge in [-0.05, 0) is 31.0 Å². The van der Waals surface area contributed by atoms with Crippen LogP contribution in [0.4, 0.5) is 10.8 Å². The van der Waals surface area contributed by atoms with Crippen LogP contribution in [-0.4, -0.2) is 30.1 Å². The summed E-state index contributed by atoms with van der Waals surface area (Å²) in [6.45, 7) is 3.84. The van der Waals surface area contributed by atoms with Crippen LogP contribution < -0.4 is 14.5 Å². The van der Waals surface area contributed by atoms with E-state index >= 15 is 0 Å². The zero-order valence-corrected chi connectivity index (χ0v) is 15.8. The number of hydrogen-bond donors (Lipinski definition) is 0. The van der Waals surface area contributed by atoms with Crippen LogP contribution in [0.15, 0.2) is 28.1 Å². The van der Waals surface area contributed by atoms with Crippen LogP contribution in [0.1, 0.15) is 25.5 Å². The van der Waals surface area contributed by atoms with Crippen LogP contribution >= 0.6 is 27.3 Å². The van der Waals surface area contributed by atoms with Crippen LogP contribution in [0.2, 0.25) is 0 Å². The molecule has 0 bridgehead atoms. The molecule has 2 aliphatic rings. The zero-order valence-electron chi connectivity index (χ0n) is 13.4. The molecule has 1 aliphatic heterocycles. The van der Waals surface area contributed by atoms with E-state index in [0.717, 1.165) is 52.7 Å². The van der Waals surface area contributed by atoms with Crippen molar-refractivity contribution in [1.29, 1.82) is 0 Å². The maximum atomic E-state index is 11.9. The van der Waals surface area contributed by atoms with E-state index < -0.39 is 0 Å². The molecule has 0 saturated heterocycles. The van der Waals surface area contributed by atoms with Gasteiger partial charge < -0.3 is 9.64 Å². The van der Waals surface area contributed by atoms with Gasteiger partial charge in [-0.15, -0.1) is 11.3 Å². The Hall–Kier alpha value is -1.60. The largest absolute Gasteiger partial charge is 0.490 e. The van der Waals surface area contributed by atoms with Gasteiger partial charge in [0.15, 0.2) is 5.13 Å². The molecule has 2 heterocycles. The lowest BCUT2D eigenvalue weighted by atomic mass is 10.2. The molecule has 1 amide bonds. The molecule has 2 aromatic rings. The van der Waals surface area contributed by atoms with Crippen LogP contribution in [0.25, 0.3) is 0 Å². The summed E-state index contributed by atoms with van der Waals surface area (Å²) in [6.07, 6.45) is 2.17. The summed E-state index contributed by atoms with van der Waals surface area (Å²) in [7, 11) is 0. The van der Waals surface area contributed by atoms with Crippen LogP contribution in [-0.2, 0) is 11.3 Å². The zero-order chi connectivity index (χ0) is 16.7. The average molecular weight is 408 g/mol. The summed E-state index contributed by atoms with van der Waals surface area (Å²) in [5, 5.41) is 2.88. The van der Waals surface area contributed by atoms with E-state index in [2.05, 4.69) is 32.3 Å². The minimum Gasteiger partial charge on any atom is -0.490 e. The van der Waals surface area contributed by atoms with Gasteiger partial charge in [-0.1, -0.05) is 15.9 Å². The van der Waals surface area contributed by atoms with E-state index in [0.29, 0.717) is 12.6 Å². The first-order valence-electron chi connectivity index (χ1n) is 8.03. The standard InChI is InChI=1S/C17H18BrN3O2S/c1-11(22)21(14-3-4-14)17-19-13(10-24-17)9-20-6-7-23-16-5-2-12(18)8-15(16)20/h2,5,8,10,14H,3-4,6-7,9H2,1H3. The van der Waals surface area contributed by atoms with Gasteiger partial charge in [0.1, 0.15) is 12.4 Å². The third-order valence-electron chi connectivity index (χ3n) is 4.23. The maximum Gasteiger partial charge on any atom is 0.225 e. The number of anilines is 2. The summed E-state index contributed by atoms with van der Waals surface area (Å²) < 4.78 is 6.76. The predicted molar refractivity (Wildman–Crippen MR) is 99.0 cm³/mol. The maximum absolute atomic E-state index is 11.9. The second-order valence-electron chi connectivity index (χ2n) is 6.12. The molecule has 1 saturated carbocycles. The van der Waals surface area contributed by atoms with E-state index in [-0.39, 0.29) is 5.91 Å². The lowest BCUT2D eigenvalue weighted by molar-refractivity contribution is -0.116. The van der Waals surface area contributed by atoms with Crippen molar-refractivity contribution in [2.24, 2.45) is 0 Å². The fourth-order valence-corrected chi connectivity index (χ4v) is 4.24. The number of carbonyl (C=O) groups is 1. The van der Waals surface area contributed by atoms with E-state index in [1.807, 2.05) is 17.0 Å². The summed E-state index contributed by atoms with van der Waals surface area (Å²) in [5.74, 6) is 0.988. The van der Waals surface area contributed by atoms with E-state index in [1.54, 1.807) is 18.3 Å². The first-order valence-corrected chi connectivity index (χ1v) is 9.70. The summed E-state index contributed by atoms with van der Waals surface area (Å²) in [5.41, 5.74) is 2.07. The molecular weight excluding hydrogens is 390 g/mol. The number of aromatic nitrogens is 1. The third kappa shape index (κ3) is 3.15. The van der Waals surface area contributed by atoms with Crippen molar-refractivity contribution in [1.82, 2.24) is 4.98 Å². The number of thiazole rings is 1. The second kappa shape index (κ2) is 6.37. The Kier molecular flexibility index (Phi) is 4.22. The minimum atomic E-state index is 0.0825. The number of rotatable bonds is 4. The Morgan fingerprint density at radius 3 is 3.08 bits per heavy atom. The Morgan fingerprint density at radius 2 is 2.33 bits per heavy atom. The number of halogens is 1. The van der Waals surface area contributed by atoms with Crippen molar-refractivity contribution in [3.05, 3.63) is 33.7 Å². The van der Waals surface area contributed by atoms with Crippen molar-refractivity contribution in [3.63, 3.8) is 0 Å². The Bertz CT molecular complexity index is 775. The number of amides is 1. The molecule has 7 heteroatoms. The summed E-state index contributed by atoms with van der Waals surface area (Å²) >= 11 is 5.08. The van der Waals surface area contributed by atoms with Crippen molar-refractivity contribution >= 4 is 44.0 Å². The molecule has 0 atom stereocenters. The van der Waals surface area contributed by atoms with Crippen molar-refractivity contribution in [2.75, 3.05) is 23.0 Å². The highest BCUT2D eigenvalue weighted by molar-refractivity contribution is 9.10. The van der Waals surface area contributed by atoms with Crippen LogP contribution in [0, 0.1) is 0 Å². The average Bonchev–Trinajstić information content (AvgIpc) is 3.27. The molecule has 1 fully saturated rings. The fourth-order valence-electron chi connectivity index (χ4n) is 2.97. The summed E-state index contributed by atoms with van der Waals surface area (Å²) in [4.78, 5) is 20.7. The van der Waals surface area contributed by atoms with Crippen LogP contribution in [0.5, 0.6) is 5.75 Å². The van der Waals surface area contributed by atoms with Crippen molar-refractivity contribution in [2.45, 2.75) is 32.4 Å². The molecule has 1 aromatic carbocycles. The lowest BCUT2D eigenvalue weighted by Gasteiger charge is -2.30. The van der Waals surface area contributed by atoms with Gasteiger partial charge >= 0.3 is 0 Å². The smallest absolute Gasteiger partial charge is 0.225 e. The molecule has 0 spiro atoms. The van der Waals surface area contributed by atoms with Gasteiger partial charge in [0.05, 0.1) is 24.5 Å². The number of nitrogens with zero attached hydrogens (tertiary/aromatic N) is 3. The van der Waals surface area contributed by atoms with Gasteiger partial charge in [0, 0.05) is 22.8 Å². The molecule has 1 aliphatic carbocycles. The van der Waals surface area contributed by atoms with E-state index in [1.165, 1.54) is 0 Å². The van der Waals surface area contributed by atoms with Crippen molar-refractivity contribution < 1.29 is 9.53 Å². The Labute approximate surface area is 153 Å². The molecule has 5 nitrogen and oxygen atoms in total. The van der Waals surface area contributed by atoms with E-state index in [9.17, 15) is 4.79 Å². The normalized spacial score (nSPS) is 16.5. The molecular formula is C17H18BrN3O2S. The fraction of sp³-hybridized carbons (Fsp3) is 0.412. The molecule has 126 valence electrons. The molecule has 0 N–H and O–H groups in total. The van der Waals surface area contributed by atoms with Gasteiger partial charge in [0.2, 0.25) is 5.91 Å². The predicted octanol–water partition coefficient (Wildman–Crippen LogP) is 3.82. The highest BCUT2D eigenvalue weighted by Crippen LogP contribution is 2.36. The first-order chi connectivity index (χ1) is 11.6. The number of hydrogen-bond acceptors (Lipinski definition) is 5. The number of benzene rings is 1. The molecule has 4 rings (SSSR count). The van der Waals surface area contributed by atoms with Crippen LogP contribution in [0.3, 0.4) is 0 Å². The molecule has 0 unspecified atom stereocenters. The minimum absolute atomic E-state index is 0.0825. The number of carbonyl (C=O) groups excluding carboxylic acids is 1. The number of fused-ring (bicyclic) bond motifs is 1. The molecule has 1 aromatic heterocycles. The van der Waals surface area contributed by atoms with Crippen molar-refractivity contribution in [3.8, 4) is 5.75 Å². The highest BCUT2D eigenvalue weighted by atomic mass is 79.9. The van der Waals surface area contributed by atoms with Gasteiger partial charge in [0.25, 0.3) is 0 Å². The second-order valence-corrected chi connectivity index (χ2v) is 7.88. The number of ether oxygens (including phenoxy) is 1. The SMILES string of the molecule is CC(=O)N(c1nc(CN2CCOc3ccc(Br)cc32)cs1)C1CC1. The Balaban J connectivity index is 1.55. The topological polar surface area (TPSA) is 45.7 Å². The highest BCUT2D eigenvalue weighted by Gasteiger charge is 2.33. The Morgan fingerprint density at radius 1 is 1.50 bits per heavy atom. The third-order valence-corrected chi connectivity index (χ3v) is 5.61. The monoisotopic (exact) mass is 407 g/mol. The van der Waals surface area contributed by atoms with Gasteiger partial charge in [-0.25, -0.2) is 4.98 Å². The first kappa shape index (κ1) is 15.9. The van der Waals surface area contributed by atoms with Gasteiger partial charge in [-0.2, -0.15) is 0 Å². The molecule has 0 radical (unpaired) electrons. The van der Waals surface area contributed by atoms with Gasteiger partial charge in [-0.3, -0.25) is 9.69 Å². The van der Waals surface area contributed by atoms with E-state index in [4.69, 9.17) is 9.72 Å². The molecule has 24 heavy (non-hydrogen) atoms.